The molecule has 0 saturated heterocycles. The van der Waals surface area contributed by atoms with Crippen molar-refractivity contribution in [3.63, 3.8) is 0 Å². The van der Waals surface area contributed by atoms with Gasteiger partial charge in [-0.05, 0) is 11.6 Å². The van der Waals surface area contributed by atoms with Crippen LogP contribution in [0.2, 0.25) is 0 Å². The van der Waals surface area contributed by atoms with Crippen LogP contribution in [-0.2, 0) is 22.6 Å². The van der Waals surface area contributed by atoms with E-state index in [1.807, 2.05) is 24.3 Å². The molecular weight excluding hydrogens is 274 g/mol. The standard InChI is InChI=1S/C14H13N3O4/c18-13(19)8-17-6-5-12(16-17)15-14(20)11-7-9-3-1-2-4-10(9)21-11/h1-6,11H,7-8H2,(H,18,19)(H,15,16,20). The van der Waals surface area contributed by atoms with Gasteiger partial charge in [-0.3, -0.25) is 14.3 Å². The first-order valence-corrected chi connectivity index (χ1v) is 6.42. The van der Waals surface area contributed by atoms with Crippen molar-refractivity contribution in [2.45, 2.75) is 19.1 Å². The Kier molecular flexibility index (Phi) is 3.31. The van der Waals surface area contributed by atoms with Crippen LogP contribution < -0.4 is 10.1 Å². The molecular formula is C14H13N3O4. The molecule has 7 heteroatoms. The first-order chi connectivity index (χ1) is 10.1. The molecule has 1 atom stereocenters. The van der Waals surface area contributed by atoms with Crippen LogP contribution in [0.4, 0.5) is 5.82 Å². The lowest BCUT2D eigenvalue weighted by Crippen LogP contribution is -2.31. The molecule has 0 spiro atoms. The van der Waals surface area contributed by atoms with Crippen LogP contribution in [0, 0.1) is 0 Å². The number of carbonyl (C=O) groups excluding carboxylic acids is 1. The number of aromatic nitrogens is 2. The summed E-state index contributed by atoms with van der Waals surface area (Å²) in [7, 11) is 0. The van der Waals surface area contributed by atoms with Crippen molar-refractivity contribution in [3.05, 3.63) is 42.1 Å². The minimum Gasteiger partial charge on any atom is -0.480 e. The number of hydrogen-bond donors (Lipinski definition) is 2. The van der Waals surface area contributed by atoms with Crippen molar-refractivity contribution in [1.82, 2.24) is 9.78 Å². The predicted octanol–water partition coefficient (Wildman–Crippen LogP) is 0.910. The number of carbonyl (C=O) groups is 2. The van der Waals surface area contributed by atoms with E-state index in [4.69, 9.17) is 9.84 Å². The van der Waals surface area contributed by atoms with Gasteiger partial charge in [-0.25, -0.2) is 0 Å². The zero-order valence-electron chi connectivity index (χ0n) is 11.0. The van der Waals surface area contributed by atoms with E-state index in [0.29, 0.717) is 18.0 Å². The van der Waals surface area contributed by atoms with E-state index in [1.165, 1.54) is 10.9 Å². The largest absolute Gasteiger partial charge is 0.480 e. The zero-order chi connectivity index (χ0) is 14.8. The van der Waals surface area contributed by atoms with E-state index in [9.17, 15) is 9.59 Å². The lowest BCUT2D eigenvalue weighted by Gasteiger charge is -2.09. The lowest BCUT2D eigenvalue weighted by molar-refractivity contribution is -0.137. The summed E-state index contributed by atoms with van der Waals surface area (Å²) in [5.74, 6) is -0.271. The number of amides is 1. The molecule has 21 heavy (non-hydrogen) atoms. The number of carboxylic acids is 1. The Morgan fingerprint density at radius 1 is 1.38 bits per heavy atom. The number of aliphatic carboxylic acids is 1. The van der Waals surface area contributed by atoms with Gasteiger partial charge in [0.25, 0.3) is 5.91 Å². The van der Waals surface area contributed by atoms with Crippen molar-refractivity contribution in [1.29, 1.82) is 0 Å². The summed E-state index contributed by atoms with van der Waals surface area (Å²) in [4.78, 5) is 22.7. The number of nitrogens with one attached hydrogen (secondary N) is 1. The van der Waals surface area contributed by atoms with E-state index in [1.54, 1.807) is 6.07 Å². The van der Waals surface area contributed by atoms with E-state index < -0.39 is 12.1 Å². The highest BCUT2D eigenvalue weighted by Crippen LogP contribution is 2.28. The number of nitrogens with zero attached hydrogens (tertiary/aromatic N) is 2. The quantitative estimate of drug-likeness (QED) is 0.871. The third-order valence-corrected chi connectivity index (χ3v) is 3.13. The lowest BCUT2D eigenvalue weighted by atomic mass is 10.1. The molecule has 0 fully saturated rings. The Balaban J connectivity index is 1.63. The van der Waals surface area contributed by atoms with Gasteiger partial charge in [0, 0.05) is 18.7 Å². The average molecular weight is 287 g/mol. The SMILES string of the molecule is O=C(O)Cn1ccc(NC(=O)C2Cc3ccccc3O2)n1. The van der Waals surface area contributed by atoms with Gasteiger partial charge in [0.05, 0.1) is 0 Å². The van der Waals surface area contributed by atoms with Crippen LogP contribution in [0.15, 0.2) is 36.5 Å². The molecule has 1 unspecified atom stereocenters. The molecule has 1 aromatic carbocycles. The van der Waals surface area contributed by atoms with Crippen LogP contribution in [0.25, 0.3) is 0 Å². The van der Waals surface area contributed by atoms with Crippen molar-refractivity contribution >= 4 is 17.7 Å². The molecule has 1 aliphatic rings. The Labute approximate surface area is 120 Å². The fraction of sp³-hybridized carbons (Fsp3) is 0.214. The number of fused-ring (bicyclic) bond motifs is 1. The van der Waals surface area contributed by atoms with Crippen LogP contribution in [0.5, 0.6) is 5.75 Å². The Hall–Kier alpha value is -2.83. The summed E-state index contributed by atoms with van der Waals surface area (Å²) in [6.07, 6.45) is 1.42. The van der Waals surface area contributed by atoms with Gasteiger partial charge in [-0.1, -0.05) is 18.2 Å². The number of para-hydroxylation sites is 1. The summed E-state index contributed by atoms with van der Waals surface area (Å²) < 4.78 is 6.81. The molecule has 0 radical (unpaired) electrons. The summed E-state index contributed by atoms with van der Waals surface area (Å²) >= 11 is 0. The predicted molar refractivity (Wildman–Crippen MR) is 73.1 cm³/mol. The Bertz CT molecular complexity index is 670. The van der Waals surface area contributed by atoms with Gasteiger partial charge in [0.2, 0.25) is 0 Å². The summed E-state index contributed by atoms with van der Waals surface area (Å²) in [5, 5.41) is 15.2. The maximum Gasteiger partial charge on any atom is 0.325 e. The Morgan fingerprint density at radius 2 is 2.19 bits per heavy atom. The van der Waals surface area contributed by atoms with Crippen LogP contribution >= 0.6 is 0 Å². The monoisotopic (exact) mass is 287 g/mol. The van der Waals surface area contributed by atoms with Crippen molar-refractivity contribution < 1.29 is 19.4 Å². The van der Waals surface area contributed by atoms with E-state index >= 15 is 0 Å². The molecule has 2 N–H and O–H groups in total. The number of benzene rings is 1. The number of rotatable bonds is 4. The minimum atomic E-state index is -0.995. The molecule has 2 aromatic rings. The van der Waals surface area contributed by atoms with Gasteiger partial charge in [-0.2, -0.15) is 5.10 Å². The van der Waals surface area contributed by atoms with Gasteiger partial charge in [0.15, 0.2) is 11.9 Å². The van der Waals surface area contributed by atoms with E-state index in [0.717, 1.165) is 5.56 Å². The van der Waals surface area contributed by atoms with Gasteiger partial charge < -0.3 is 15.2 Å². The molecule has 0 bridgehead atoms. The summed E-state index contributed by atoms with van der Waals surface area (Å²) in [6, 6.07) is 9.04. The maximum absolute atomic E-state index is 12.1. The topological polar surface area (TPSA) is 93.5 Å². The first-order valence-electron chi connectivity index (χ1n) is 6.42. The molecule has 1 aromatic heterocycles. The second-order valence-corrected chi connectivity index (χ2v) is 4.70. The fourth-order valence-electron chi connectivity index (χ4n) is 2.19. The average Bonchev–Trinajstić information content (AvgIpc) is 3.04. The number of hydrogen-bond acceptors (Lipinski definition) is 4. The molecule has 1 amide bonds. The molecule has 7 nitrogen and oxygen atoms in total. The summed E-state index contributed by atoms with van der Waals surface area (Å²) in [5.41, 5.74) is 0.994. The van der Waals surface area contributed by atoms with Crippen molar-refractivity contribution in [2.24, 2.45) is 0 Å². The van der Waals surface area contributed by atoms with Gasteiger partial charge in [0.1, 0.15) is 12.3 Å². The molecule has 2 heterocycles. The van der Waals surface area contributed by atoms with E-state index in [2.05, 4.69) is 10.4 Å². The van der Waals surface area contributed by atoms with Crippen molar-refractivity contribution in [2.75, 3.05) is 5.32 Å². The zero-order valence-corrected chi connectivity index (χ0v) is 11.0. The third kappa shape index (κ3) is 2.86. The smallest absolute Gasteiger partial charge is 0.325 e. The van der Waals surface area contributed by atoms with Gasteiger partial charge in [-0.15, -0.1) is 0 Å². The molecule has 1 aliphatic heterocycles. The number of carboxylic acid groups (broad SMARTS) is 1. The van der Waals surface area contributed by atoms with Gasteiger partial charge >= 0.3 is 5.97 Å². The highest BCUT2D eigenvalue weighted by molar-refractivity contribution is 5.94. The highest BCUT2D eigenvalue weighted by Gasteiger charge is 2.29. The van der Waals surface area contributed by atoms with Crippen LogP contribution in [0.1, 0.15) is 5.56 Å². The normalized spacial score (nSPS) is 16.1. The molecule has 0 saturated carbocycles. The minimum absolute atomic E-state index is 0.249. The number of ether oxygens (including phenoxy) is 1. The molecule has 3 rings (SSSR count). The van der Waals surface area contributed by atoms with Crippen LogP contribution in [-0.4, -0.2) is 32.9 Å². The molecule has 108 valence electrons. The van der Waals surface area contributed by atoms with Crippen LogP contribution in [0.3, 0.4) is 0 Å². The highest BCUT2D eigenvalue weighted by atomic mass is 16.5. The van der Waals surface area contributed by atoms with E-state index in [-0.39, 0.29) is 12.5 Å². The second-order valence-electron chi connectivity index (χ2n) is 4.70. The number of anilines is 1. The molecule has 0 aliphatic carbocycles. The maximum atomic E-state index is 12.1. The summed E-state index contributed by atoms with van der Waals surface area (Å²) in [6.45, 7) is -0.249. The first kappa shape index (κ1) is 13.2. The second kappa shape index (κ2) is 5.28. The third-order valence-electron chi connectivity index (χ3n) is 3.13. The fourth-order valence-corrected chi connectivity index (χ4v) is 2.19. The van der Waals surface area contributed by atoms with Crippen molar-refractivity contribution in [3.8, 4) is 5.75 Å². The Morgan fingerprint density at radius 3 is 2.95 bits per heavy atom.